The summed E-state index contributed by atoms with van der Waals surface area (Å²) >= 11 is 6.23. The van der Waals surface area contributed by atoms with Crippen molar-refractivity contribution in [2.75, 3.05) is 59.1 Å². The monoisotopic (exact) mass is 460 g/mol. The van der Waals surface area contributed by atoms with Crippen molar-refractivity contribution >= 4 is 17.3 Å². The van der Waals surface area contributed by atoms with Gasteiger partial charge in [-0.2, -0.15) is 0 Å². The van der Waals surface area contributed by atoms with Crippen LogP contribution in [0.4, 0.5) is 5.69 Å². The Labute approximate surface area is 195 Å². The number of nitrogens with zero attached hydrogens (tertiary/aromatic N) is 2. The van der Waals surface area contributed by atoms with Gasteiger partial charge in [-0.25, -0.2) is 0 Å². The number of fused-ring (bicyclic) bond motifs is 1. The van der Waals surface area contributed by atoms with Gasteiger partial charge in [-0.3, -0.25) is 4.90 Å². The Morgan fingerprint density at radius 1 is 0.906 bits per heavy atom. The molecule has 0 unspecified atom stereocenters. The highest BCUT2D eigenvalue weighted by atomic mass is 35.5. The molecule has 32 heavy (non-hydrogen) atoms. The second-order valence-corrected chi connectivity index (χ2v) is 8.76. The first kappa shape index (κ1) is 23.0. The van der Waals surface area contributed by atoms with Crippen LogP contribution in [0.1, 0.15) is 30.9 Å². The van der Waals surface area contributed by atoms with E-state index in [2.05, 4.69) is 28.0 Å². The fraction of sp³-hybridized carbons (Fsp3) is 0.520. The van der Waals surface area contributed by atoms with Crippen LogP contribution in [-0.4, -0.2) is 65.1 Å². The fourth-order valence-corrected chi connectivity index (χ4v) is 5.13. The maximum Gasteiger partial charge on any atom is 0.161 e. The number of hydrogen-bond donors (Lipinski definition) is 0. The van der Waals surface area contributed by atoms with E-state index >= 15 is 0 Å². The van der Waals surface area contributed by atoms with Gasteiger partial charge in [-0.05, 0) is 49.1 Å². The molecule has 2 atom stereocenters. The van der Waals surface area contributed by atoms with Crippen molar-refractivity contribution in [1.82, 2.24) is 4.90 Å². The van der Waals surface area contributed by atoms with Crippen molar-refractivity contribution < 1.29 is 18.9 Å². The molecule has 0 aromatic heterocycles. The van der Waals surface area contributed by atoms with Gasteiger partial charge in [0.15, 0.2) is 11.5 Å². The van der Waals surface area contributed by atoms with Gasteiger partial charge in [-0.15, -0.1) is 0 Å². The second kappa shape index (κ2) is 10.6. The lowest BCUT2D eigenvalue weighted by Crippen LogP contribution is -2.55. The van der Waals surface area contributed by atoms with E-state index < -0.39 is 0 Å². The molecule has 2 aromatic rings. The van der Waals surface area contributed by atoms with E-state index in [0.29, 0.717) is 30.3 Å². The molecule has 2 aliphatic rings. The Balaban J connectivity index is 1.48. The van der Waals surface area contributed by atoms with Crippen LogP contribution in [0.2, 0.25) is 5.02 Å². The smallest absolute Gasteiger partial charge is 0.161 e. The van der Waals surface area contributed by atoms with E-state index in [1.807, 2.05) is 18.2 Å². The number of piperazine rings is 1. The molecule has 2 aliphatic heterocycles. The van der Waals surface area contributed by atoms with E-state index in [9.17, 15) is 0 Å². The summed E-state index contributed by atoms with van der Waals surface area (Å²) in [5, 5.41) is 0.649. The first-order valence-corrected chi connectivity index (χ1v) is 11.7. The van der Waals surface area contributed by atoms with Crippen molar-refractivity contribution in [2.45, 2.75) is 31.3 Å². The molecule has 174 valence electrons. The SMILES string of the molecule is COCCOc1ccc([C@H]2CCC[C@H]3CN(c4ccc(Cl)c(OC)c4)CCN32)cc1OC. The summed E-state index contributed by atoms with van der Waals surface area (Å²) in [6.45, 7) is 4.08. The molecule has 0 saturated carbocycles. The molecule has 0 aliphatic carbocycles. The summed E-state index contributed by atoms with van der Waals surface area (Å²) in [5.74, 6) is 2.28. The predicted octanol–water partition coefficient (Wildman–Crippen LogP) is 4.80. The van der Waals surface area contributed by atoms with Crippen molar-refractivity contribution in [3.63, 3.8) is 0 Å². The highest BCUT2D eigenvalue weighted by Gasteiger charge is 2.36. The van der Waals surface area contributed by atoms with E-state index in [1.165, 1.54) is 24.1 Å². The number of ether oxygens (including phenoxy) is 4. The lowest BCUT2D eigenvalue weighted by atomic mass is 9.89. The minimum Gasteiger partial charge on any atom is -0.495 e. The topological polar surface area (TPSA) is 43.4 Å². The standard InChI is InChI=1S/C25H33ClN2O4/c1-29-13-14-32-23-10-7-18(15-25(23)31-3)22-6-4-5-20-17-27(11-12-28(20)22)19-8-9-21(26)24(16-19)30-2/h7-10,15-16,20,22H,4-6,11-14,17H2,1-3H3/t20-,22+/m0/s1. The van der Waals surface area contributed by atoms with Crippen LogP contribution < -0.4 is 19.1 Å². The van der Waals surface area contributed by atoms with Gasteiger partial charge in [0.2, 0.25) is 0 Å². The van der Waals surface area contributed by atoms with Crippen molar-refractivity contribution in [1.29, 1.82) is 0 Å². The maximum atomic E-state index is 6.23. The van der Waals surface area contributed by atoms with Crippen LogP contribution in [-0.2, 0) is 4.74 Å². The van der Waals surface area contributed by atoms with E-state index in [4.69, 9.17) is 30.5 Å². The summed E-state index contributed by atoms with van der Waals surface area (Å²) in [5.41, 5.74) is 2.47. The molecular weight excluding hydrogens is 428 g/mol. The average molecular weight is 461 g/mol. The van der Waals surface area contributed by atoms with E-state index in [1.54, 1.807) is 21.3 Å². The summed E-state index contributed by atoms with van der Waals surface area (Å²) < 4.78 is 22.0. The Morgan fingerprint density at radius 2 is 1.75 bits per heavy atom. The van der Waals surface area contributed by atoms with Crippen LogP contribution in [0.15, 0.2) is 36.4 Å². The minimum atomic E-state index is 0.401. The summed E-state index contributed by atoms with van der Waals surface area (Å²) in [6, 6.07) is 13.3. The van der Waals surface area contributed by atoms with Crippen LogP contribution in [0.3, 0.4) is 0 Å². The van der Waals surface area contributed by atoms with Gasteiger partial charge in [0.25, 0.3) is 0 Å². The molecule has 0 bridgehead atoms. The Bertz CT molecular complexity index is 910. The third-order valence-corrected chi connectivity index (χ3v) is 6.87. The number of hydrogen-bond acceptors (Lipinski definition) is 6. The predicted molar refractivity (Wildman–Crippen MR) is 128 cm³/mol. The fourth-order valence-electron chi connectivity index (χ4n) is 4.93. The molecule has 0 N–H and O–H groups in total. The quantitative estimate of drug-likeness (QED) is 0.527. The molecule has 6 nitrogen and oxygen atoms in total. The van der Waals surface area contributed by atoms with Crippen molar-refractivity contribution in [3.8, 4) is 17.2 Å². The number of benzene rings is 2. The van der Waals surface area contributed by atoms with Gasteiger partial charge in [0.1, 0.15) is 12.4 Å². The zero-order valence-electron chi connectivity index (χ0n) is 19.2. The Kier molecular flexibility index (Phi) is 7.66. The van der Waals surface area contributed by atoms with E-state index in [-0.39, 0.29) is 0 Å². The number of rotatable bonds is 8. The molecular formula is C25H33ClN2O4. The lowest BCUT2D eigenvalue weighted by Gasteiger charge is -2.49. The Morgan fingerprint density at radius 3 is 2.53 bits per heavy atom. The summed E-state index contributed by atoms with van der Waals surface area (Å²) in [7, 11) is 5.04. The molecule has 2 fully saturated rings. The molecule has 2 heterocycles. The van der Waals surface area contributed by atoms with Crippen LogP contribution in [0, 0.1) is 0 Å². The second-order valence-electron chi connectivity index (χ2n) is 8.35. The largest absolute Gasteiger partial charge is 0.495 e. The van der Waals surface area contributed by atoms with Crippen molar-refractivity contribution in [2.24, 2.45) is 0 Å². The van der Waals surface area contributed by atoms with Crippen LogP contribution >= 0.6 is 11.6 Å². The van der Waals surface area contributed by atoms with Crippen LogP contribution in [0.5, 0.6) is 17.2 Å². The van der Waals surface area contributed by atoms with Crippen LogP contribution in [0.25, 0.3) is 0 Å². The summed E-state index contributed by atoms with van der Waals surface area (Å²) in [6.07, 6.45) is 3.60. The normalized spacial score (nSPS) is 21.2. The van der Waals surface area contributed by atoms with Gasteiger partial charge in [0.05, 0.1) is 25.8 Å². The van der Waals surface area contributed by atoms with Gasteiger partial charge >= 0.3 is 0 Å². The number of halogens is 1. The minimum absolute atomic E-state index is 0.401. The molecule has 2 aromatic carbocycles. The van der Waals surface area contributed by atoms with Gasteiger partial charge in [-0.1, -0.05) is 17.7 Å². The summed E-state index contributed by atoms with van der Waals surface area (Å²) in [4.78, 5) is 5.13. The number of anilines is 1. The average Bonchev–Trinajstić information content (AvgIpc) is 2.84. The third-order valence-electron chi connectivity index (χ3n) is 6.56. The van der Waals surface area contributed by atoms with E-state index in [0.717, 1.165) is 43.3 Å². The molecule has 0 spiro atoms. The molecule has 2 saturated heterocycles. The maximum absolute atomic E-state index is 6.23. The van der Waals surface area contributed by atoms with Crippen molar-refractivity contribution in [3.05, 3.63) is 47.0 Å². The number of piperidine rings is 1. The highest BCUT2D eigenvalue weighted by molar-refractivity contribution is 6.32. The first-order valence-electron chi connectivity index (χ1n) is 11.3. The van der Waals surface area contributed by atoms with Gasteiger partial charge < -0.3 is 23.8 Å². The first-order chi connectivity index (χ1) is 15.6. The van der Waals surface area contributed by atoms with Gasteiger partial charge in [0, 0.05) is 50.6 Å². The Hall–Kier alpha value is -2.15. The zero-order valence-corrected chi connectivity index (χ0v) is 19.9. The molecule has 0 amide bonds. The third kappa shape index (κ3) is 4.92. The number of methoxy groups -OCH3 is 3. The zero-order chi connectivity index (χ0) is 22.5. The lowest BCUT2D eigenvalue weighted by molar-refractivity contribution is 0.0714. The molecule has 7 heteroatoms. The highest BCUT2D eigenvalue weighted by Crippen LogP contribution is 2.40. The molecule has 4 rings (SSSR count). The molecule has 0 radical (unpaired) electrons.